The molecule has 2 N–H and O–H groups in total. The van der Waals surface area contributed by atoms with Crippen molar-refractivity contribution >= 4 is 11.9 Å². The van der Waals surface area contributed by atoms with Crippen molar-refractivity contribution in [1.82, 2.24) is 15.5 Å². The van der Waals surface area contributed by atoms with Crippen molar-refractivity contribution in [1.29, 1.82) is 0 Å². The Labute approximate surface area is 132 Å². The lowest BCUT2D eigenvalue weighted by atomic mass is 9.93. The summed E-state index contributed by atoms with van der Waals surface area (Å²) in [5.74, 6) is 1.06. The van der Waals surface area contributed by atoms with Crippen molar-refractivity contribution in [2.24, 2.45) is 10.4 Å². The molecule has 0 aromatic carbocycles. The first-order valence-electron chi connectivity index (χ1n) is 7.87. The van der Waals surface area contributed by atoms with Crippen LogP contribution in [0.25, 0.3) is 0 Å². The monoisotopic (exact) mass is 306 g/mol. The molecule has 0 unspecified atom stereocenters. The van der Waals surface area contributed by atoms with Gasteiger partial charge in [-0.15, -0.1) is 0 Å². The van der Waals surface area contributed by atoms with Crippen LogP contribution in [0.5, 0.6) is 0 Å². The molecule has 2 rings (SSSR count). The molecule has 0 radical (unpaired) electrons. The molecule has 1 aliphatic heterocycles. The molecule has 0 atom stereocenters. The second kappa shape index (κ2) is 7.33. The molecule has 1 saturated heterocycles. The van der Waals surface area contributed by atoms with E-state index in [4.69, 9.17) is 4.42 Å². The number of likely N-dealkylation sites (tertiary alicyclic amines) is 1. The fourth-order valence-electron chi connectivity index (χ4n) is 2.55. The van der Waals surface area contributed by atoms with E-state index in [1.165, 1.54) is 12.7 Å². The van der Waals surface area contributed by atoms with Gasteiger partial charge in [0.2, 0.25) is 0 Å². The van der Waals surface area contributed by atoms with E-state index < -0.39 is 0 Å². The Hall–Kier alpha value is -1.98. The summed E-state index contributed by atoms with van der Waals surface area (Å²) < 4.78 is 5.05. The van der Waals surface area contributed by atoms with Gasteiger partial charge in [-0.1, -0.05) is 13.8 Å². The minimum absolute atomic E-state index is 0.201. The van der Waals surface area contributed by atoms with Gasteiger partial charge in [-0.2, -0.15) is 0 Å². The van der Waals surface area contributed by atoms with Crippen LogP contribution in [0.4, 0.5) is 0 Å². The van der Waals surface area contributed by atoms with Crippen LogP contribution in [0.3, 0.4) is 0 Å². The molecule has 2 heterocycles. The molecule has 1 aromatic heterocycles. The predicted molar refractivity (Wildman–Crippen MR) is 87.0 cm³/mol. The maximum absolute atomic E-state index is 11.7. The first-order chi connectivity index (χ1) is 10.5. The molecule has 6 nitrogen and oxygen atoms in total. The Morgan fingerprint density at radius 2 is 2.27 bits per heavy atom. The number of guanidine groups is 1. The number of aliphatic imine (C=N–C) groups is 1. The van der Waals surface area contributed by atoms with E-state index >= 15 is 0 Å². The molecule has 0 saturated carbocycles. The lowest BCUT2D eigenvalue weighted by molar-refractivity contribution is 0.0927. The van der Waals surface area contributed by atoms with E-state index in [0.29, 0.717) is 24.3 Å². The van der Waals surface area contributed by atoms with Gasteiger partial charge < -0.3 is 20.0 Å². The van der Waals surface area contributed by atoms with Crippen LogP contribution in [-0.2, 0) is 0 Å². The van der Waals surface area contributed by atoms with Gasteiger partial charge in [0.1, 0.15) is 0 Å². The Balaban J connectivity index is 1.82. The standard InChI is InChI=1S/C16H26N4O2/c1-4-17-15(20-10-7-16(2,3)12-20)19-9-8-18-14(21)13-6-5-11-22-13/h5-6,11H,4,7-10,12H2,1-3H3,(H,17,19)(H,18,21). The van der Waals surface area contributed by atoms with Gasteiger partial charge >= 0.3 is 0 Å². The predicted octanol–water partition coefficient (Wildman–Crippen LogP) is 1.71. The summed E-state index contributed by atoms with van der Waals surface area (Å²) >= 11 is 0. The third-order valence-electron chi connectivity index (χ3n) is 3.72. The van der Waals surface area contributed by atoms with Crippen molar-refractivity contribution < 1.29 is 9.21 Å². The summed E-state index contributed by atoms with van der Waals surface area (Å²) in [6.45, 7) is 10.5. The van der Waals surface area contributed by atoms with Crippen molar-refractivity contribution in [3.8, 4) is 0 Å². The highest BCUT2D eigenvalue weighted by atomic mass is 16.3. The minimum Gasteiger partial charge on any atom is -0.459 e. The molecule has 0 aliphatic carbocycles. The Bertz CT molecular complexity index is 508. The molecule has 0 bridgehead atoms. The number of nitrogens with zero attached hydrogens (tertiary/aromatic N) is 2. The highest BCUT2D eigenvalue weighted by molar-refractivity contribution is 5.91. The zero-order valence-electron chi connectivity index (χ0n) is 13.7. The van der Waals surface area contributed by atoms with E-state index in [1.807, 2.05) is 0 Å². The van der Waals surface area contributed by atoms with E-state index in [2.05, 4.69) is 41.3 Å². The van der Waals surface area contributed by atoms with Crippen LogP contribution in [0.15, 0.2) is 27.8 Å². The highest BCUT2D eigenvalue weighted by Gasteiger charge is 2.30. The van der Waals surface area contributed by atoms with Crippen LogP contribution in [-0.4, -0.2) is 49.5 Å². The Kier molecular flexibility index (Phi) is 5.46. The number of carbonyl (C=O) groups excluding carboxylic acids is 1. The van der Waals surface area contributed by atoms with Crippen LogP contribution in [0, 0.1) is 5.41 Å². The number of amides is 1. The lowest BCUT2D eigenvalue weighted by Crippen LogP contribution is -2.41. The summed E-state index contributed by atoms with van der Waals surface area (Å²) in [6.07, 6.45) is 2.66. The number of hydrogen-bond donors (Lipinski definition) is 2. The lowest BCUT2D eigenvalue weighted by Gasteiger charge is -2.23. The van der Waals surface area contributed by atoms with Gasteiger partial charge in [0, 0.05) is 26.2 Å². The van der Waals surface area contributed by atoms with Gasteiger partial charge in [-0.25, -0.2) is 0 Å². The molecular formula is C16H26N4O2. The van der Waals surface area contributed by atoms with Crippen LogP contribution in [0.1, 0.15) is 37.7 Å². The fraction of sp³-hybridized carbons (Fsp3) is 0.625. The van der Waals surface area contributed by atoms with E-state index in [0.717, 1.165) is 25.6 Å². The maximum atomic E-state index is 11.7. The normalized spacial score (nSPS) is 17.6. The molecule has 0 spiro atoms. The largest absolute Gasteiger partial charge is 0.459 e. The number of hydrogen-bond acceptors (Lipinski definition) is 3. The van der Waals surface area contributed by atoms with Crippen LogP contribution >= 0.6 is 0 Å². The number of nitrogens with one attached hydrogen (secondary N) is 2. The van der Waals surface area contributed by atoms with E-state index in [9.17, 15) is 4.79 Å². The number of carbonyl (C=O) groups is 1. The van der Waals surface area contributed by atoms with Crippen molar-refractivity contribution in [3.05, 3.63) is 24.2 Å². The summed E-state index contributed by atoms with van der Waals surface area (Å²) in [4.78, 5) is 18.6. The summed E-state index contributed by atoms with van der Waals surface area (Å²) in [5.41, 5.74) is 0.337. The summed E-state index contributed by atoms with van der Waals surface area (Å²) in [6, 6.07) is 3.35. The number of furan rings is 1. The molecule has 122 valence electrons. The van der Waals surface area contributed by atoms with Gasteiger partial charge in [-0.3, -0.25) is 9.79 Å². The van der Waals surface area contributed by atoms with E-state index in [-0.39, 0.29) is 5.91 Å². The van der Waals surface area contributed by atoms with Gasteiger partial charge in [0.05, 0.1) is 12.8 Å². The molecule has 1 fully saturated rings. The quantitative estimate of drug-likeness (QED) is 0.493. The average molecular weight is 306 g/mol. The first-order valence-corrected chi connectivity index (χ1v) is 7.87. The maximum Gasteiger partial charge on any atom is 0.287 e. The van der Waals surface area contributed by atoms with Crippen molar-refractivity contribution in [3.63, 3.8) is 0 Å². The average Bonchev–Trinajstić information content (AvgIpc) is 3.11. The Morgan fingerprint density at radius 1 is 1.45 bits per heavy atom. The van der Waals surface area contributed by atoms with Gasteiger partial charge in [-0.05, 0) is 30.9 Å². The smallest absolute Gasteiger partial charge is 0.287 e. The van der Waals surface area contributed by atoms with Crippen molar-refractivity contribution in [2.45, 2.75) is 27.2 Å². The molecule has 1 aliphatic rings. The molecule has 1 aromatic rings. The zero-order chi connectivity index (χ0) is 16.0. The summed E-state index contributed by atoms with van der Waals surface area (Å²) in [5, 5.41) is 6.13. The molecule has 22 heavy (non-hydrogen) atoms. The molecular weight excluding hydrogens is 280 g/mol. The topological polar surface area (TPSA) is 69.9 Å². The Morgan fingerprint density at radius 3 is 2.86 bits per heavy atom. The minimum atomic E-state index is -0.201. The third-order valence-corrected chi connectivity index (χ3v) is 3.72. The van der Waals surface area contributed by atoms with Crippen LogP contribution < -0.4 is 10.6 Å². The van der Waals surface area contributed by atoms with Crippen LogP contribution in [0.2, 0.25) is 0 Å². The third kappa shape index (κ3) is 4.51. The summed E-state index contributed by atoms with van der Waals surface area (Å²) in [7, 11) is 0. The second-order valence-electron chi connectivity index (χ2n) is 6.30. The van der Waals surface area contributed by atoms with E-state index in [1.54, 1.807) is 12.1 Å². The second-order valence-corrected chi connectivity index (χ2v) is 6.30. The molecule has 1 amide bonds. The van der Waals surface area contributed by atoms with Gasteiger partial charge in [0.15, 0.2) is 11.7 Å². The van der Waals surface area contributed by atoms with Gasteiger partial charge in [0.25, 0.3) is 5.91 Å². The first kappa shape index (κ1) is 16.4. The fourth-order valence-corrected chi connectivity index (χ4v) is 2.55. The highest BCUT2D eigenvalue weighted by Crippen LogP contribution is 2.28. The van der Waals surface area contributed by atoms with Crippen molar-refractivity contribution in [2.75, 3.05) is 32.7 Å². The molecule has 6 heteroatoms. The zero-order valence-corrected chi connectivity index (χ0v) is 13.7. The number of rotatable bonds is 5. The SMILES string of the molecule is CCNC(=NCCNC(=O)c1ccco1)N1CCC(C)(C)C1.